The van der Waals surface area contributed by atoms with Gasteiger partial charge in [-0.25, -0.2) is 4.98 Å². The van der Waals surface area contributed by atoms with Gasteiger partial charge in [-0.3, -0.25) is 9.48 Å². The zero-order valence-corrected chi connectivity index (χ0v) is 12.3. The van der Waals surface area contributed by atoms with Crippen LogP contribution in [0, 0.1) is 0 Å². The molecule has 0 aliphatic heterocycles. The Balaban J connectivity index is 1.64. The molecule has 0 unspecified atom stereocenters. The third kappa shape index (κ3) is 3.17. The largest absolute Gasteiger partial charge is 0.346 e. The van der Waals surface area contributed by atoms with Gasteiger partial charge in [-0.2, -0.15) is 5.10 Å². The van der Waals surface area contributed by atoms with Crippen LogP contribution < -0.4 is 5.32 Å². The maximum atomic E-state index is 11.9. The molecule has 0 radical (unpaired) electrons. The van der Waals surface area contributed by atoms with Crippen molar-refractivity contribution in [3.8, 4) is 10.6 Å². The third-order valence-electron chi connectivity index (χ3n) is 2.97. The van der Waals surface area contributed by atoms with Crippen LogP contribution in [0.4, 0.5) is 0 Å². The van der Waals surface area contributed by atoms with Crippen LogP contribution in [0.25, 0.3) is 10.6 Å². The lowest BCUT2D eigenvalue weighted by Crippen LogP contribution is -2.22. The smallest absolute Gasteiger partial charge is 0.254 e. The van der Waals surface area contributed by atoms with Crippen LogP contribution in [0.3, 0.4) is 0 Å². The predicted molar refractivity (Wildman–Crippen MR) is 81.9 cm³/mol. The van der Waals surface area contributed by atoms with Gasteiger partial charge in [0.1, 0.15) is 5.01 Å². The second kappa shape index (κ2) is 5.88. The number of nitrogens with zero attached hydrogens (tertiary/aromatic N) is 3. The van der Waals surface area contributed by atoms with Gasteiger partial charge in [0, 0.05) is 24.2 Å². The highest BCUT2D eigenvalue weighted by Gasteiger charge is 2.09. The van der Waals surface area contributed by atoms with Crippen LogP contribution in [0.5, 0.6) is 0 Å². The van der Waals surface area contributed by atoms with Gasteiger partial charge in [-0.15, -0.1) is 11.3 Å². The maximum Gasteiger partial charge on any atom is 0.254 e. The lowest BCUT2D eigenvalue weighted by molar-refractivity contribution is 0.0950. The second-order valence-electron chi connectivity index (χ2n) is 4.60. The minimum Gasteiger partial charge on any atom is -0.346 e. The van der Waals surface area contributed by atoms with Crippen LogP contribution in [-0.2, 0) is 13.6 Å². The van der Waals surface area contributed by atoms with E-state index in [2.05, 4.69) is 15.4 Å². The van der Waals surface area contributed by atoms with Crippen molar-refractivity contribution < 1.29 is 4.79 Å². The normalized spacial score (nSPS) is 10.5. The summed E-state index contributed by atoms with van der Waals surface area (Å²) in [5.41, 5.74) is 2.50. The Hall–Kier alpha value is -2.47. The molecule has 3 rings (SSSR count). The summed E-state index contributed by atoms with van der Waals surface area (Å²) in [5.74, 6) is -0.141. The fourth-order valence-corrected chi connectivity index (χ4v) is 2.74. The summed E-state index contributed by atoms with van der Waals surface area (Å²) in [4.78, 5) is 16.5. The average Bonchev–Trinajstić information content (AvgIpc) is 3.15. The molecule has 0 saturated heterocycles. The van der Waals surface area contributed by atoms with E-state index in [4.69, 9.17) is 0 Å². The zero-order valence-electron chi connectivity index (χ0n) is 11.5. The number of thiazole rings is 1. The average molecular weight is 298 g/mol. The molecule has 106 valence electrons. The van der Waals surface area contributed by atoms with E-state index in [0.717, 1.165) is 16.3 Å². The van der Waals surface area contributed by atoms with E-state index in [1.807, 2.05) is 35.7 Å². The number of hydrogen-bond acceptors (Lipinski definition) is 4. The number of carbonyl (C=O) groups excluding carboxylic acids is 1. The molecule has 0 aliphatic carbocycles. The lowest BCUT2D eigenvalue weighted by Gasteiger charge is -2.00. The number of amides is 1. The summed E-state index contributed by atoms with van der Waals surface area (Å²) < 4.78 is 1.60. The number of carbonyl (C=O) groups is 1. The highest BCUT2D eigenvalue weighted by molar-refractivity contribution is 7.13. The van der Waals surface area contributed by atoms with Crippen molar-refractivity contribution in [2.75, 3.05) is 0 Å². The van der Waals surface area contributed by atoms with E-state index in [-0.39, 0.29) is 5.91 Å². The van der Waals surface area contributed by atoms with Crippen molar-refractivity contribution in [1.82, 2.24) is 20.1 Å². The molecule has 3 aromatic rings. The summed E-state index contributed by atoms with van der Waals surface area (Å²) in [7, 11) is 1.78. The molecule has 2 heterocycles. The van der Waals surface area contributed by atoms with E-state index < -0.39 is 0 Å². The summed E-state index contributed by atoms with van der Waals surface area (Å²) in [6, 6.07) is 10.0. The number of benzene rings is 1. The summed E-state index contributed by atoms with van der Waals surface area (Å²) in [6.07, 6.45) is 3.23. The van der Waals surface area contributed by atoms with Crippen molar-refractivity contribution >= 4 is 17.2 Å². The van der Waals surface area contributed by atoms with Crippen molar-refractivity contribution in [1.29, 1.82) is 0 Å². The molecule has 0 aliphatic rings. The highest BCUT2D eigenvalue weighted by atomic mass is 32.1. The monoisotopic (exact) mass is 298 g/mol. The topological polar surface area (TPSA) is 59.8 Å². The Morgan fingerprint density at radius 1 is 1.33 bits per heavy atom. The molecule has 0 fully saturated rings. The van der Waals surface area contributed by atoms with Gasteiger partial charge >= 0.3 is 0 Å². The molecule has 5 nitrogen and oxygen atoms in total. The minimum absolute atomic E-state index is 0.141. The molecule has 2 aromatic heterocycles. The quantitative estimate of drug-likeness (QED) is 0.805. The van der Waals surface area contributed by atoms with E-state index in [1.165, 1.54) is 0 Å². The van der Waals surface area contributed by atoms with Crippen molar-refractivity contribution in [2.24, 2.45) is 7.05 Å². The first kappa shape index (κ1) is 13.5. The summed E-state index contributed by atoms with van der Waals surface area (Å²) in [6.45, 7) is 0.414. The first-order valence-electron chi connectivity index (χ1n) is 6.49. The molecule has 21 heavy (non-hydrogen) atoms. The van der Waals surface area contributed by atoms with Gasteiger partial charge in [0.15, 0.2) is 0 Å². The third-order valence-corrected chi connectivity index (χ3v) is 3.91. The molecule has 1 amide bonds. The minimum atomic E-state index is -0.141. The molecule has 1 N–H and O–H groups in total. The number of nitrogens with one attached hydrogen (secondary N) is 1. The second-order valence-corrected chi connectivity index (χ2v) is 5.45. The van der Waals surface area contributed by atoms with Crippen LogP contribution in [0.1, 0.15) is 16.1 Å². The van der Waals surface area contributed by atoms with Crippen LogP contribution >= 0.6 is 11.3 Å². The molecule has 0 spiro atoms. The molecule has 0 atom stereocenters. The fraction of sp³-hybridized carbons (Fsp3) is 0.133. The Morgan fingerprint density at radius 3 is 2.86 bits per heavy atom. The van der Waals surface area contributed by atoms with Gasteiger partial charge in [0.2, 0.25) is 0 Å². The lowest BCUT2D eigenvalue weighted by atomic mass is 10.2. The van der Waals surface area contributed by atoms with Gasteiger partial charge < -0.3 is 5.32 Å². The van der Waals surface area contributed by atoms with Crippen LogP contribution in [-0.4, -0.2) is 20.7 Å². The Labute approximate surface area is 126 Å². The number of aryl methyl sites for hydroxylation is 1. The van der Waals surface area contributed by atoms with Crippen molar-refractivity contribution in [2.45, 2.75) is 6.54 Å². The van der Waals surface area contributed by atoms with Crippen molar-refractivity contribution in [3.05, 3.63) is 59.4 Å². The first-order valence-corrected chi connectivity index (χ1v) is 7.37. The van der Waals surface area contributed by atoms with Gasteiger partial charge in [0.05, 0.1) is 24.0 Å². The van der Waals surface area contributed by atoms with E-state index in [9.17, 15) is 4.79 Å². The van der Waals surface area contributed by atoms with Crippen LogP contribution in [0.15, 0.2) is 48.1 Å². The van der Waals surface area contributed by atoms with E-state index in [0.29, 0.717) is 12.1 Å². The van der Waals surface area contributed by atoms with Crippen molar-refractivity contribution in [3.63, 3.8) is 0 Å². The molecule has 6 heteroatoms. The van der Waals surface area contributed by atoms with Gasteiger partial charge in [-0.05, 0) is 0 Å². The number of aromatic nitrogens is 3. The molecular formula is C15H14N4OS. The van der Waals surface area contributed by atoms with Gasteiger partial charge in [-0.1, -0.05) is 30.3 Å². The van der Waals surface area contributed by atoms with E-state index in [1.54, 1.807) is 35.5 Å². The summed E-state index contributed by atoms with van der Waals surface area (Å²) in [5, 5.41) is 9.75. The Kier molecular flexibility index (Phi) is 3.79. The number of rotatable bonds is 4. The fourth-order valence-electron chi connectivity index (χ4n) is 1.91. The molecule has 0 bridgehead atoms. The SMILES string of the molecule is Cn1cc(C(=O)NCc2csc(-c3ccccc3)n2)cn1. The molecule has 1 aromatic carbocycles. The Bertz CT molecular complexity index is 748. The first-order chi connectivity index (χ1) is 10.2. The van der Waals surface area contributed by atoms with Crippen LogP contribution in [0.2, 0.25) is 0 Å². The van der Waals surface area contributed by atoms with Gasteiger partial charge in [0.25, 0.3) is 5.91 Å². The number of hydrogen-bond donors (Lipinski definition) is 1. The van der Waals surface area contributed by atoms with E-state index >= 15 is 0 Å². The highest BCUT2D eigenvalue weighted by Crippen LogP contribution is 2.23. The maximum absolute atomic E-state index is 11.9. The molecular weight excluding hydrogens is 284 g/mol. The summed E-state index contributed by atoms with van der Waals surface area (Å²) >= 11 is 1.58. The molecule has 0 saturated carbocycles. The predicted octanol–water partition coefficient (Wildman–Crippen LogP) is 2.47. The zero-order chi connectivity index (χ0) is 14.7. The Morgan fingerprint density at radius 2 is 2.14 bits per heavy atom. The standard InChI is InChI=1S/C15H14N4OS/c1-19-9-12(7-17-19)14(20)16-8-13-10-21-15(18-13)11-5-3-2-4-6-11/h2-7,9-10H,8H2,1H3,(H,16,20).